The summed E-state index contributed by atoms with van der Waals surface area (Å²) in [5.41, 5.74) is 5.80. The molecule has 0 fully saturated rings. The second-order valence-electron chi connectivity index (χ2n) is 6.85. The zero-order valence-corrected chi connectivity index (χ0v) is 14.6. The first-order valence-electron chi connectivity index (χ1n) is 7.99. The number of rotatable bonds is 3. The number of halogens is 1. The van der Waals surface area contributed by atoms with Crippen LogP contribution in [0.5, 0.6) is 0 Å². The van der Waals surface area contributed by atoms with Crippen molar-refractivity contribution in [3.63, 3.8) is 0 Å². The maximum Gasteiger partial charge on any atom is 0.274 e. The molecule has 2 N–H and O–H groups in total. The van der Waals surface area contributed by atoms with Crippen LogP contribution in [0.25, 0.3) is 0 Å². The van der Waals surface area contributed by atoms with Crippen LogP contribution in [0.4, 0.5) is 5.69 Å². The summed E-state index contributed by atoms with van der Waals surface area (Å²) in [4.78, 5) is 13.7. The molecule has 126 valence electrons. The number of benzene rings is 2. The van der Waals surface area contributed by atoms with Crippen LogP contribution in [0.3, 0.4) is 0 Å². The highest BCUT2D eigenvalue weighted by atomic mass is 35.5. The average Bonchev–Trinajstić information content (AvgIpc) is 2.58. The topological polar surface area (TPSA) is 52.6 Å². The van der Waals surface area contributed by atoms with E-state index >= 15 is 0 Å². The highest BCUT2D eigenvalue weighted by Crippen LogP contribution is 2.41. The standard InChI is InChI=1S/C19H21ClN2O2/c1-19(2)9-10-22(17-8-7-15(20)11-16(17)19)12-13-3-5-14(6-4-13)18(23)21-24/h3-8,11,24H,9-10,12H2,1-2H3,(H,21,23). The summed E-state index contributed by atoms with van der Waals surface area (Å²) in [6, 6.07) is 13.4. The number of carbonyl (C=O) groups excluding carboxylic acids is 1. The molecule has 24 heavy (non-hydrogen) atoms. The van der Waals surface area contributed by atoms with Gasteiger partial charge >= 0.3 is 0 Å². The van der Waals surface area contributed by atoms with Gasteiger partial charge < -0.3 is 4.90 Å². The van der Waals surface area contributed by atoms with E-state index in [0.717, 1.165) is 30.1 Å². The zero-order valence-electron chi connectivity index (χ0n) is 13.8. The Labute approximate surface area is 147 Å². The van der Waals surface area contributed by atoms with Gasteiger partial charge in [0.25, 0.3) is 5.91 Å². The largest absolute Gasteiger partial charge is 0.367 e. The van der Waals surface area contributed by atoms with E-state index in [9.17, 15) is 4.79 Å². The van der Waals surface area contributed by atoms with Gasteiger partial charge in [-0.3, -0.25) is 10.0 Å². The minimum Gasteiger partial charge on any atom is -0.367 e. The van der Waals surface area contributed by atoms with Gasteiger partial charge in [0.1, 0.15) is 0 Å². The second kappa shape index (κ2) is 6.46. The third-order valence-corrected chi connectivity index (χ3v) is 4.96. The van der Waals surface area contributed by atoms with E-state index in [-0.39, 0.29) is 5.41 Å². The fourth-order valence-electron chi connectivity index (χ4n) is 3.21. The van der Waals surface area contributed by atoms with Crippen LogP contribution in [-0.4, -0.2) is 17.7 Å². The van der Waals surface area contributed by atoms with Crippen molar-refractivity contribution in [2.24, 2.45) is 0 Å². The summed E-state index contributed by atoms with van der Waals surface area (Å²) in [6.07, 6.45) is 1.06. The van der Waals surface area contributed by atoms with Crippen molar-refractivity contribution in [3.05, 3.63) is 64.2 Å². The van der Waals surface area contributed by atoms with Crippen molar-refractivity contribution in [2.45, 2.75) is 32.2 Å². The van der Waals surface area contributed by atoms with Gasteiger partial charge in [0.05, 0.1) is 0 Å². The lowest BCUT2D eigenvalue weighted by atomic mass is 9.77. The normalized spacial score (nSPS) is 15.8. The third-order valence-electron chi connectivity index (χ3n) is 4.73. The quantitative estimate of drug-likeness (QED) is 0.649. The number of amides is 1. The summed E-state index contributed by atoms with van der Waals surface area (Å²) in [7, 11) is 0. The predicted octanol–water partition coefficient (Wildman–Crippen LogP) is 4.15. The van der Waals surface area contributed by atoms with E-state index in [1.54, 1.807) is 17.6 Å². The minimum atomic E-state index is -0.499. The Hall–Kier alpha value is -2.04. The van der Waals surface area contributed by atoms with Crippen LogP contribution in [0.1, 0.15) is 41.8 Å². The lowest BCUT2D eigenvalue weighted by Gasteiger charge is -2.40. The highest BCUT2D eigenvalue weighted by molar-refractivity contribution is 6.30. The fraction of sp³-hybridized carbons (Fsp3) is 0.316. The minimum absolute atomic E-state index is 0.111. The molecule has 3 rings (SSSR count). The Morgan fingerprint density at radius 1 is 1.25 bits per heavy atom. The molecule has 4 nitrogen and oxygen atoms in total. The van der Waals surface area contributed by atoms with Crippen molar-refractivity contribution < 1.29 is 10.0 Å². The maximum atomic E-state index is 11.4. The molecule has 5 heteroatoms. The first-order valence-corrected chi connectivity index (χ1v) is 8.37. The Morgan fingerprint density at radius 3 is 2.62 bits per heavy atom. The van der Waals surface area contributed by atoms with Gasteiger partial charge in [0.15, 0.2) is 0 Å². The molecular formula is C19H21ClN2O2. The van der Waals surface area contributed by atoms with E-state index in [4.69, 9.17) is 16.8 Å². The highest BCUT2D eigenvalue weighted by Gasteiger charge is 2.31. The van der Waals surface area contributed by atoms with Crippen LogP contribution >= 0.6 is 11.6 Å². The van der Waals surface area contributed by atoms with Gasteiger partial charge in [-0.1, -0.05) is 37.6 Å². The molecule has 1 amide bonds. The molecule has 0 aromatic heterocycles. The van der Waals surface area contributed by atoms with Gasteiger partial charge in [-0.05, 0) is 53.3 Å². The van der Waals surface area contributed by atoms with Crippen molar-refractivity contribution in [2.75, 3.05) is 11.4 Å². The van der Waals surface area contributed by atoms with Crippen molar-refractivity contribution >= 4 is 23.2 Å². The van der Waals surface area contributed by atoms with Crippen LogP contribution in [0.2, 0.25) is 5.02 Å². The fourth-order valence-corrected chi connectivity index (χ4v) is 3.38. The van der Waals surface area contributed by atoms with Gasteiger partial charge in [-0.15, -0.1) is 0 Å². The number of nitrogens with one attached hydrogen (secondary N) is 1. The number of carbonyl (C=O) groups is 1. The molecule has 0 saturated carbocycles. The molecule has 1 aliphatic rings. The Kier molecular flexibility index (Phi) is 4.52. The number of hydrogen-bond donors (Lipinski definition) is 2. The third kappa shape index (κ3) is 3.25. The van der Waals surface area contributed by atoms with Gasteiger partial charge in [-0.25, -0.2) is 5.48 Å². The monoisotopic (exact) mass is 344 g/mol. The maximum absolute atomic E-state index is 11.4. The van der Waals surface area contributed by atoms with Gasteiger partial charge in [0.2, 0.25) is 0 Å². The smallest absolute Gasteiger partial charge is 0.274 e. The first-order chi connectivity index (χ1) is 11.4. The lowest BCUT2D eigenvalue weighted by Crippen LogP contribution is -2.36. The van der Waals surface area contributed by atoms with E-state index in [1.807, 2.05) is 18.2 Å². The van der Waals surface area contributed by atoms with E-state index < -0.39 is 5.91 Å². The van der Waals surface area contributed by atoms with Gasteiger partial charge in [0, 0.05) is 29.4 Å². The summed E-state index contributed by atoms with van der Waals surface area (Å²) in [5.74, 6) is -0.499. The van der Waals surface area contributed by atoms with E-state index in [2.05, 4.69) is 30.9 Å². The molecule has 2 aromatic carbocycles. The summed E-state index contributed by atoms with van der Waals surface area (Å²) in [6.45, 7) is 6.25. The lowest BCUT2D eigenvalue weighted by molar-refractivity contribution is 0.0706. The number of nitrogens with zero attached hydrogens (tertiary/aromatic N) is 1. The molecule has 0 atom stereocenters. The van der Waals surface area contributed by atoms with Crippen molar-refractivity contribution in [3.8, 4) is 0 Å². The van der Waals surface area contributed by atoms with Crippen LogP contribution in [0.15, 0.2) is 42.5 Å². The molecule has 0 saturated heterocycles. The van der Waals surface area contributed by atoms with Crippen molar-refractivity contribution in [1.82, 2.24) is 5.48 Å². The molecule has 0 bridgehead atoms. The molecule has 2 aromatic rings. The number of hydroxylamine groups is 1. The number of anilines is 1. The van der Waals surface area contributed by atoms with Crippen molar-refractivity contribution in [1.29, 1.82) is 0 Å². The molecule has 1 aliphatic heterocycles. The Morgan fingerprint density at radius 2 is 1.96 bits per heavy atom. The summed E-state index contributed by atoms with van der Waals surface area (Å²) >= 11 is 6.20. The molecule has 1 heterocycles. The average molecular weight is 345 g/mol. The van der Waals surface area contributed by atoms with E-state index in [0.29, 0.717) is 5.56 Å². The molecule has 0 unspecified atom stereocenters. The van der Waals surface area contributed by atoms with Crippen LogP contribution < -0.4 is 10.4 Å². The Bertz CT molecular complexity index is 756. The van der Waals surface area contributed by atoms with Gasteiger partial charge in [-0.2, -0.15) is 0 Å². The zero-order chi connectivity index (χ0) is 17.3. The SMILES string of the molecule is CC1(C)CCN(Cc2ccc(C(=O)NO)cc2)c2ccc(Cl)cc21. The first kappa shape index (κ1) is 16.8. The predicted molar refractivity (Wildman–Crippen MR) is 95.8 cm³/mol. The molecular weight excluding hydrogens is 324 g/mol. The summed E-state index contributed by atoms with van der Waals surface area (Å²) in [5, 5.41) is 9.45. The molecule has 0 spiro atoms. The second-order valence-corrected chi connectivity index (χ2v) is 7.29. The number of hydrogen-bond acceptors (Lipinski definition) is 3. The van der Waals surface area contributed by atoms with Crippen LogP contribution in [0, 0.1) is 0 Å². The molecule has 0 radical (unpaired) electrons. The summed E-state index contributed by atoms with van der Waals surface area (Å²) < 4.78 is 0. The Balaban J connectivity index is 1.85. The number of fused-ring (bicyclic) bond motifs is 1. The van der Waals surface area contributed by atoms with Crippen LogP contribution in [-0.2, 0) is 12.0 Å². The van der Waals surface area contributed by atoms with E-state index in [1.165, 1.54) is 11.3 Å². The molecule has 0 aliphatic carbocycles.